The average molecular weight is 335 g/mol. The van der Waals surface area contributed by atoms with E-state index in [9.17, 15) is 0 Å². The molecule has 1 atom stereocenters. The molecule has 1 aliphatic heterocycles. The fourth-order valence-corrected chi connectivity index (χ4v) is 4.62. The van der Waals surface area contributed by atoms with Gasteiger partial charge in [-0.15, -0.1) is 0 Å². The lowest BCUT2D eigenvalue weighted by molar-refractivity contribution is 0.233. The van der Waals surface area contributed by atoms with E-state index in [4.69, 9.17) is 4.98 Å². The van der Waals surface area contributed by atoms with Gasteiger partial charge in [0.05, 0.1) is 23.6 Å². The molecule has 0 amide bonds. The summed E-state index contributed by atoms with van der Waals surface area (Å²) in [6.45, 7) is 2.08. The molecule has 130 valence electrons. The number of rotatable bonds is 3. The molecule has 1 saturated heterocycles. The first-order valence-electron chi connectivity index (χ1n) is 9.50. The second-order valence-electron chi connectivity index (χ2n) is 7.44. The van der Waals surface area contributed by atoms with Gasteiger partial charge in [-0.25, -0.2) is 9.97 Å². The van der Waals surface area contributed by atoms with Crippen LogP contribution in [0.4, 0.5) is 0 Å². The van der Waals surface area contributed by atoms with E-state index in [1.807, 2.05) is 12.3 Å². The third-order valence-electron chi connectivity index (χ3n) is 5.93. The summed E-state index contributed by atoms with van der Waals surface area (Å²) in [4.78, 5) is 12.2. The van der Waals surface area contributed by atoms with Crippen LogP contribution in [0.15, 0.2) is 30.6 Å². The molecular weight excluding hydrogens is 310 g/mol. The number of imidazole rings is 2. The van der Waals surface area contributed by atoms with Gasteiger partial charge in [0.15, 0.2) is 0 Å². The van der Waals surface area contributed by atoms with E-state index in [1.165, 1.54) is 55.0 Å². The molecule has 3 aromatic rings. The van der Waals surface area contributed by atoms with E-state index in [0.29, 0.717) is 6.04 Å². The van der Waals surface area contributed by atoms with Crippen molar-refractivity contribution in [1.29, 1.82) is 0 Å². The van der Waals surface area contributed by atoms with Gasteiger partial charge in [-0.2, -0.15) is 0 Å². The predicted molar refractivity (Wildman–Crippen MR) is 97.4 cm³/mol. The Morgan fingerprint density at radius 1 is 1.16 bits per heavy atom. The second kappa shape index (κ2) is 5.99. The van der Waals surface area contributed by atoms with Gasteiger partial charge >= 0.3 is 0 Å². The van der Waals surface area contributed by atoms with Gasteiger partial charge in [0.2, 0.25) is 0 Å². The molecule has 5 heteroatoms. The van der Waals surface area contributed by atoms with Crippen LogP contribution in [0.25, 0.3) is 5.65 Å². The first kappa shape index (κ1) is 15.1. The van der Waals surface area contributed by atoms with Crippen LogP contribution in [0.2, 0.25) is 0 Å². The zero-order valence-corrected chi connectivity index (χ0v) is 14.9. The fraction of sp³-hybridized carbons (Fsp3) is 0.500. The van der Waals surface area contributed by atoms with Gasteiger partial charge in [0.1, 0.15) is 11.5 Å². The molecule has 3 aromatic heterocycles. The van der Waals surface area contributed by atoms with Gasteiger partial charge in [-0.05, 0) is 57.2 Å². The molecule has 1 fully saturated rings. The number of nitrogens with zero attached hydrogens (tertiary/aromatic N) is 5. The minimum Gasteiger partial charge on any atom is -0.334 e. The van der Waals surface area contributed by atoms with Crippen molar-refractivity contribution in [3.63, 3.8) is 0 Å². The van der Waals surface area contributed by atoms with Gasteiger partial charge in [0.25, 0.3) is 0 Å². The van der Waals surface area contributed by atoms with Gasteiger partial charge in [-0.3, -0.25) is 4.90 Å². The van der Waals surface area contributed by atoms with E-state index in [-0.39, 0.29) is 0 Å². The Kier molecular flexibility index (Phi) is 3.63. The molecule has 1 aliphatic carbocycles. The van der Waals surface area contributed by atoms with Crippen LogP contribution in [0.3, 0.4) is 0 Å². The summed E-state index contributed by atoms with van der Waals surface area (Å²) in [7, 11) is 2.22. The maximum Gasteiger partial charge on any atom is 0.136 e. The van der Waals surface area contributed by atoms with E-state index in [0.717, 1.165) is 25.2 Å². The van der Waals surface area contributed by atoms with Gasteiger partial charge in [-0.1, -0.05) is 6.07 Å². The van der Waals surface area contributed by atoms with Crippen molar-refractivity contribution in [3.8, 4) is 0 Å². The number of pyridine rings is 1. The topological polar surface area (TPSA) is 38.4 Å². The monoisotopic (exact) mass is 335 g/mol. The lowest BCUT2D eigenvalue weighted by atomic mass is 10.0. The molecule has 0 radical (unpaired) electrons. The van der Waals surface area contributed by atoms with E-state index < -0.39 is 0 Å². The predicted octanol–water partition coefficient (Wildman–Crippen LogP) is 3.28. The Morgan fingerprint density at radius 2 is 2.08 bits per heavy atom. The Hall–Kier alpha value is -2.14. The SMILES string of the molecule is Cn1c([C@@H]2CCCN2Cc2cnc3ccccn23)nc2c1CCCC2. The Balaban J connectivity index is 1.45. The van der Waals surface area contributed by atoms with Crippen LogP contribution >= 0.6 is 0 Å². The highest BCUT2D eigenvalue weighted by Crippen LogP contribution is 2.34. The summed E-state index contributed by atoms with van der Waals surface area (Å²) in [5.74, 6) is 1.28. The summed E-state index contributed by atoms with van der Waals surface area (Å²) < 4.78 is 4.60. The molecule has 0 spiro atoms. The number of hydrogen-bond acceptors (Lipinski definition) is 3. The fourth-order valence-electron chi connectivity index (χ4n) is 4.62. The van der Waals surface area contributed by atoms with Gasteiger partial charge < -0.3 is 8.97 Å². The van der Waals surface area contributed by atoms with Crippen LogP contribution in [0.1, 0.15) is 54.6 Å². The molecule has 0 bridgehead atoms. The van der Waals surface area contributed by atoms with Crippen molar-refractivity contribution in [2.75, 3.05) is 6.54 Å². The third kappa shape index (κ3) is 2.49. The normalized spacial score (nSPS) is 21.1. The van der Waals surface area contributed by atoms with Crippen LogP contribution in [-0.4, -0.2) is 30.4 Å². The van der Waals surface area contributed by atoms with Crippen molar-refractivity contribution < 1.29 is 0 Å². The summed E-state index contributed by atoms with van der Waals surface area (Å²) >= 11 is 0. The second-order valence-corrected chi connectivity index (χ2v) is 7.44. The van der Waals surface area contributed by atoms with E-state index in [2.05, 4.69) is 44.2 Å². The minimum atomic E-state index is 0.435. The van der Waals surface area contributed by atoms with Crippen molar-refractivity contribution >= 4 is 5.65 Å². The molecule has 0 saturated carbocycles. The molecule has 5 nitrogen and oxygen atoms in total. The number of likely N-dealkylation sites (tertiary alicyclic amines) is 1. The largest absolute Gasteiger partial charge is 0.334 e. The molecule has 0 unspecified atom stereocenters. The van der Waals surface area contributed by atoms with Crippen molar-refractivity contribution in [2.24, 2.45) is 7.05 Å². The minimum absolute atomic E-state index is 0.435. The Morgan fingerprint density at radius 3 is 3.00 bits per heavy atom. The smallest absolute Gasteiger partial charge is 0.136 e. The Bertz CT molecular complexity index is 906. The van der Waals surface area contributed by atoms with E-state index in [1.54, 1.807) is 0 Å². The summed E-state index contributed by atoms with van der Waals surface area (Å²) in [6, 6.07) is 6.62. The van der Waals surface area contributed by atoms with Crippen molar-refractivity contribution in [2.45, 2.75) is 51.1 Å². The molecule has 2 aliphatic rings. The highest BCUT2D eigenvalue weighted by Gasteiger charge is 2.31. The van der Waals surface area contributed by atoms with Crippen LogP contribution < -0.4 is 0 Å². The number of fused-ring (bicyclic) bond motifs is 2. The molecule has 0 aromatic carbocycles. The third-order valence-corrected chi connectivity index (χ3v) is 5.93. The summed E-state index contributed by atoms with van der Waals surface area (Å²) in [6.07, 6.45) is 11.5. The van der Waals surface area contributed by atoms with Crippen molar-refractivity contribution in [1.82, 2.24) is 23.8 Å². The molecular formula is C20H25N5. The zero-order valence-electron chi connectivity index (χ0n) is 14.9. The summed E-state index contributed by atoms with van der Waals surface area (Å²) in [5.41, 5.74) is 5.12. The van der Waals surface area contributed by atoms with Crippen LogP contribution in [0, 0.1) is 0 Å². The quantitative estimate of drug-likeness (QED) is 0.737. The maximum absolute atomic E-state index is 5.07. The molecule has 25 heavy (non-hydrogen) atoms. The molecule has 4 heterocycles. The lowest BCUT2D eigenvalue weighted by Crippen LogP contribution is -2.25. The standard InChI is InChI=1S/C20H25N5/c1-23-17-8-3-2-7-16(17)22-20(23)18-9-6-11-24(18)14-15-13-21-19-10-4-5-12-25(15)19/h4-5,10,12-13,18H,2-3,6-9,11,14H2,1H3/t18-/m0/s1. The zero-order chi connectivity index (χ0) is 16.8. The highest BCUT2D eigenvalue weighted by atomic mass is 15.2. The highest BCUT2D eigenvalue weighted by molar-refractivity contribution is 5.39. The number of aromatic nitrogens is 4. The maximum atomic E-state index is 5.07. The average Bonchev–Trinajstić information content (AvgIpc) is 3.34. The molecule has 0 N–H and O–H groups in total. The first-order chi connectivity index (χ1) is 12.3. The summed E-state index contributed by atoms with van der Waals surface area (Å²) in [5, 5.41) is 0. The number of aryl methyl sites for hydroxylation is 1. The van der Waals surface area contributed by atoms with Gasteiger partial charge in [0, 0.05) is 25.5 Å². The lowest BCUT2D eigenvalue weighted by Gasteiger charge is -2.24. The van der Waals surface area contributed by atoms with E-state index >= 15 is 0 Å². The number of hydrogen-bond donors (Lipinski definition) is 0. The Labute approximate surface area is 148 Å². The first-order valence-corrected chi connectivity index (χ1v) is 9.50. The van der Waals surface area contributed by atoms with Crippen LogP contribution in [0.5, 0.6) is 0 Å². The molecule has 5 rings (SSSR count). The van der Waals surface area contributed by atoms with Crippen molar-refractivity contribution in [3.05, 3.63) is 53.5 Å². The van der Waals surface area contributed by atoms with Crippen LogP contribution in [-0.2, 0) is 26.4 Å².